The van der Waals surface area contributed by atoms with Crippen LogP contribution in [0.25, 0.3) is 10.2 Å². The van der Waals surface area contributed by atoms with Crippen LogP contribution >= 0.6 is 27.3 Å². The summed E-state index contributed by atoms with van der Waals surface area (Å²) in [5, 5.41) is 12.3. The van der Waals surface area contributed by atoms with E-state index in [4.69, 9.17) is 5.26 Å². The van der Waals surface area contributed by atoms with Crippen molar-refractivity contribution in [2.45, 2.75) is 0 Å². The number of thiazole rings is 1. The lowest BCUT2D eigenvalue weighted by atomic mass is 10.2. The molecule has 1 N–H and O–H groups in total. The molecule has 0 amide bonds. The van der Waals surface area contributed by atoms with Crippen molar-refractivity contribution in [3.63, 3.8) is 0 Å². The van der Waals surface area contributed by atoms with E-state index < -0.39 is 5.82 Å². The summed E-state index contributed by atoms with van der Waals surface area (Å²) in [6.07, 6.45) is 0. The molecule has 3 aromatic rings. The smallest absolute Gasteiger partial charge is 0.188 e. The fraction of sp³-hybridized carbons (Fsp3) is 0. The Labute approximate surface area is 126 Å². The fourth-order valence-corrected chi connectivity index (χ4v) is 3.18. The number of aromatic nitrogens is 1. The Kier molecular flexibility index (Phi) is 3.38. The van der Waals surface area contributed by atoms with Gasteiger partial charge in [-0.05, 0) is 36.4 Å². The highest BCUT2D eigenvalue weighted by Crippen LogP contribution is 2.31. The topological polar surface area (TPSA) is 48.7 Å². The zero-order valence-corrected chi connectivity index (χ0v) is 12.4. The third-order valence-electron chi connectivity index (χ3n) is 2.69. The molecule has 1 heterocycles. The van der Waals surface area contributed by atoms with Crippen LogP contribution in [0.15, 0.2) is 40.9 Å². The van der Waals surface area contributed by atoms with Gasteiger partial charge in [-0.1, -0.05) is 27.3 Å². The van der Waals surface area contributed by atoms with E-state index in [-0.39, 0.29) is 0 Å². The van der Waals surface area contributed by atoms with E-state index >= 15 is 0 Å². The number of hydrogen-bond donors (Lipinski definition) is 1. The monoisotopic (exact) mass is 347 g/mol. The third-order valence-corrected chi connectivity index (χ3v) is 4.12. The highest BCUT2D eigenvalue weighted by molar-refractivity contribution is 9.10. The number of rotatable bonds is 2. The molecule has 3 rings (SSSR count). The summed E-state index contributed by atoms with van der Waals surface area (Å²) in [5.74, 6) is -0.468. The highest BCUT2D eigenvalue weighted by atomic mass is 79.9. The molecule has 2 aromatic carbocycles. The van der Waals surface area contributed by atoms with E-state index in [1.54, 1.807) is 6.07 Å². The van der Waals surface area contributed by atoms with Gasteiger partial charge in [0.2, 0.25) is 0 Å². The van der Waals surface area contributed by atoms with Crippen LogP contribution < -0.4 is 5.32 Å². The van der Waals surface area contributed by atoms with Crippen molar-refractivity contribution >= 4 is 48.3 Å². The Morgan fingerprint density at radius 3 is 2.85 bits per heavy atom. The lowest BCUT2D eigenvalue weighted by molar-refractivity contribution is 0.631. The molecule has 0 aliphatic rings. The number of anilines is 2. The molecule has 0 aliphatic carbocycles. The van der Waals surface area contributed by atoms with Gasteiger partial charge in [-0.25, -0.2) is 9.37 Å². The summed E-state index contributed by atoms with van der Waals surface area (Å²) in [4.78, 5) is 4.39. The molecule has 0 bridgehead atoms. The Balaban J connectivity index is 1.95. The Morgan fingerprint density at radius 1 is 1.25 bits per heavy atom. The van der Waals surface area contributed by atoms with E-state index in [1.807, 2.05) is 24.3 Å². The molecule has 0 aliphatic heterocycles. The van der Waals surface area contributed by atoms with Gasteiger partial charge in [0.25, 0.3) is 0 Å². The molecule has 0 atom stereocenters. The van der Waals surface area contributed by atoms with Crippen LogP contribution in [0.5, 0.6) is 0 Å². The van der Waals surface area contributed by atoms with Crippen molar-refractivity contribution in [2.24, 2.45) is 0 Å². The summed E-state index contributed by atoms with van der Waals surface area (Å²) < 4.78 is 15.8. The largest absolute Gasteiger partial charge is 0.329 e. The summed E-state index contributed by atoms with van der Waals surface area (Å²) in [5.41, 5.74) is 1.46. The molecule has 3 nitrogen and oxygen atoms in total. The van der Waals surface area contributed by atoms with Crippen molar-refractivity contribution in [3.05, 3.63) is 52.3 Å². The van der Waals surface area contributed by atoms with Crippen LogP contribution in [-0.4, -0.2) is 4.98 Å². The Morgan fingerprint density at radius 2 is 2.10 bits per heavy atom. The zero-order chi connectivity index (χ0) is 14.1. The van der Waals surface area contributed by atoms with Crippen LogP contribution in [-0.2, 0) is 0 Å². The number of halogens is 2. The standard InChI is InChI=1S/C14H7BrFN3S/c15-9-2-4-12-13(6-9)20-14(19-12)18-11-3-1-8(7-17)5-10(11)16/h1-6H,(H,18,19). The first kappa shape index (κ1) is 13.0. The quantitative estimate of drug-likeness (QED) is 0.723. The van der Waals surface area contributed by atoms with Crippen LogP contribution in [0.4, 0.5) is 15.2 Å². The average molecular weight is 348 g/mol. The molecule has 0 radical (unpaired) electrons. The SMILES string of the molecule is N#Cc1ccc(Nc2nc3ccc(Br)cc3s2)c(F)c1. The summed E-state index contributed by atoms with van der Waals surface area (Å²) in [6, 6.07) is 12.0. The minimum Gasteiger partial charge on any atom is -0.329 e. The second kappa shape index (κ2) is 5.19. The molecule has 6 heteroatoms. The third kappa shape index (κ3) is 2.50. The van der Waals surface area contributed by atoms with Gasteiger partial charge in [0.05, 0.1) is 27.5 Å². The number of benzene rings is 2. The molecule has 0 saturated heterocycles. The fourth-order valence-electron chi connectivity index (χ4n) is 1.75. The van der Waals surface area contributed by atoms with Crippen LogP contribution in [0.1, 0.15) is 5.56 Å². The molecular weight excluding hydrogens is 341 g/mol. The summed E-state index contributed by atoms with van der Waals surface area (Å²) in [6.45, 7) is 0. The summed E-state index contributed by atoms with van der Waals surface area (Å²) in [7, 11) is 0. The maximum absolute atomic E-state index is 13.8. The molecule has 0 spiro atoms. The van der Waals surface area contributed by atoms with Gasteiger partial charge >= 0.3 is 0 Å². The number of nitrogens with zero attached hydrogens (tertiary/aromatic N) is 2. The van der Waals surface area contributed by atoms with Gasteiger partial charge in [0.15, 0.2) is 5.13 Å². The maximum atomic E-state index is 13.8. The summed E-state index contributed by atoms with van der Waals surface area (Å²) >= 11 is 4.84. The normalized spacial score (nSPS) is 10.4. The van der Waals surface area contributed by atoms with Crippen LogP contribution in [0, 0.1) is 17.1 Å². The number of nitrogens with one attached hydrogen (secondary N) is 1. The highest BCUT2D eigenvalue weighted by Gasteiger charge is 2.08. The molecule has 98 valence electrons. The second-order valence-electron chi connectivity index (χ2n) is 4.06. The van der Waals surface area contributed by atoms with E-state index in [2.05, 4.69) is 26.2 Å². The van der Waals surface area contributed by atoms with Gasteiger partial charge < -0.3 is 5.32 Å². The molecule has 0 unspecified atom stereocenters. The lowest BCUT2D eigenvalue weighted by Gasteiger charge is -2.03. The van der Waals surface area contributed by atoms with E-state index in [0.29, 0.717) is 16.4 Å². The van der Waals surface area contributed by atoms with Crippen LogP contribution in [0.3, 0.4) is 0 Å². The molecule has 0 fully saturated rings. The van der Waals surface area contributed by atoms with Gasteiger partial charge in [-0.3, -0.25) is 0 Å². The Bertz CT molecular complexity index is 838. The van der Waals surface area contributed by atoms with Crippen molar-refractivity contribution in [1.82, 2.24) is 4.98 Å². The number of hydrogen-bond acceptors (Lipinski definition) is 4. The van der Waals surface area contributed by atoms with Gasteiger partial charge in [-0.2, -0.15) is 5.26 Å². The van der Waals surface area contributed by atoms with E-state index in [1.165, 1.54) is 23.5 Å². The minimum atomic E-state index is -0.468. The van der Waals surface area contributed by atoms with Crippen molar-refractivity contribution in [1.29, 1.82) is 5.26 Å². The first-order valence-corrected chi connectivity index (χ1v) is 7.29. The molecular formula is C14H7BrFN3S. The molecule has 20 heavy (non-hydrogen) atoms. The second-order valence-corrected chi connectivity index (χ2v) is 6.01. The zero-order valence-electron chi connectivity index (χ0n) is 10.0. The first-order valence-electron chi connectivity index (χ1n) is 5.68. The molecule has 0 saturated carbocycles. The number of nitriles is 1. The first-order chi connectivity index (χ1) is 9.65. The maximum Gasteiger partial charge on any atom is 0.188 e. The van der Waals surface area contributed by atoms with Crippen molar-refractivity contribution < 1.29 is 4.39 Å². The van der Waals surface area contributed by atoms with Gasteiger partial charge in [-0.15, -0.1) is 0 Å². The lowest BCUT2D eigenvalue weighted by Crippen LogP contribution is -1.93. The average Bonchev–Trinajstić information content (AvgIpc) is 2.82. The minimum absolute atomic E-state index is 0.293. The van der Waals surface area contributed by atoms with Gasteiger partial charge in [0, 0.05) is 4.47 Å². The van der Waals surface area contributed by atoms with Crippen molar-refractivity contribution in [3.8, 4) is 6.07 Å². The molecule has 1 aromatic heterocycles. The van der Waals surface area contributed by atoms with Crippen LogP contribution in [0.2, 0.25) is 0 Å². The van der Waals surface area contributed by atoms with Crippen molar-refractivity contribution in [2.75, 3.05) is 5.32 Å². The van der Waals surface area contributed by atoms with E-state index in [0.717, 1.165) is 14.7 Å². The predicted molar refractivity (Wildman–Crippen MR) is 81.7 cm³/mol. The Hall–Kier alpha value is -1.97. The van der Waals surface area contributed by atoms with E-state index in [9.17, 15) is 4.39 Å². The van der Waals surface area contributed by atoms with Gasteiger partial charge in [0.1, 0.15) is 5.82 Å². The predicted octanol–water partition coefficient (Wildman–Crippen LogP) is 4.81. The number of fused-ring (bicyclic) bond motifs is 1.